The van der Waals surface area contributed by atoms with Crippen molar-refractivity contribution in [2.45, 2.75) is 32.2 Å². The van der Waals surface area contributed by atoms with E-state index in [1.807, 2.05) is 25.1 Å². The Labute approximate surface area is 115 Å². The number of hydrogen-bond donors (Lipinski definition) is 1. The van der Waals surface area contributed by atoms with Gasteiger partial charge >= 0.3 is 0 Å². The van der Waals surface area contributed by atoms with Crippen LogP contribution in [-0.4, -0.2) is 33.3 Å². The number of benzene rings is 1. The first kappa shape index (κ1) is 14.3. The molecule has 19 heavy (non-hydrogen) atoms. The second kappa shape index (κ2) is 6.39. The molecule has 4 nitrogen and oxygen atoms in total. The third-order valence-electron chi connectivity index (χ3n) is 3.48. The molecule has 2 rings (SSSR count). The monoisotopic (exact) mass is 282 g/mol. The predicted octanol–water partition coefficient (Wildman–Crippen LogP) is 1.98. The summed E-state index contributed by atoms with van der Waals surface area (Å²) in [5, 5.41) is 0. The van der Waals surface area contributed by atoms with E-state index < -0.39 is 10.0 Å². The van der Waals surface area contributed by atoms with E-state index in [4.69, 9.17) is 0 Å². The first-order chi connectivity index (χ1) is 9.12. The molecule has 0 amide bonds. The van der Waals surface area contributed by atoms with Crippen molar-refractivity contribution in [3.63, 3.8) is 0 Å². The van der Waals surface area contributed by atoms with Crippen molar-refractivity contribution in [1.82, 2.24) is 4.72 Å². The van der Waals surface area contributed by atoms with Gasteiger partial charge in [0, 0.05) is 24.8 Å². The van der Waals surface area contributed by atoms with Crippen LogP contribution in [-0.2, 0) is 10.0 Å². The molecule has 1 aliphatic rings. The molecule has 0 saturated carbocycles. The van der Waals surface area contributed by atoms with Crippen molar-refractivity contribution in [2.24, 2.45) is 0 Å². The van der Waals surface area contributed by atoms with E-state index in [1.54, 1.807) is 0 Å². The van der Waals surface area contributed by atoms with Gasteiger partial charge in [0.25, 0.3) is 0 Å². The zero-order valence-corrected chi connectivity index (χ0v) is 12.2. The lowest BCUT2D eigenvalue weighted by atomic mass is 10.2. The molecule has 1 unspecified atom stereocenters. The van der Waals surface area contributed by atoms with Crippen molar-refractivity contribution >= 4 is 15.7 Å². The molecular formula is C14H22N2O2S. The molecule has 0 aliphatic carbocycles. The summed E-state index contributed by atoms with van der Waals surface area (Å²) in [6, 6.07) is 10.5. The lowest BCUT2D eigenvalue weighted by Gasteiger charge is -2.27. The molecule has 0 radical (unpaired) electrons. The summed E-state index contributed by atoms with van der Waals surface area (Å²) in [6.45, 7) is 3.40. The Balaban J connectivity index is 1.97. The zero-order chi connectivity index (χ0) is 13.7. The van der Waals surface area contributed by atoms with Gasteiger partial charge in [-0.1, -0.05) is 25.1 Å². The fraction of sp³-hybridized carbons (Fsp3) is 0.571. The van der Waals surface area contributed by atoms with E-state index in [2.05, 4.69) is 21.8 Å². The fourth-order valence-electron chi connectivity index (χ4n) is 2.57. The van der Waals surface area contributed by atoms with Gasteiger partial charge in [0.1, 0.15) is 0 Å². The Bertz CT molecular complexity index is 487. The van der Waals surface area contributed by atoms with Gasteiger partial charge in [-0.2, -0.15) is 0 Å². The Morgan fingerprint density at radius 3 is 2.74 bits per heavy atom. The van der Waals surface area contributed by atoms with Crippen molar-refractivity contribution < 1.29 is 8.42 Å². The van der Waals surface area contributed by atoms with Gasteiger partial charge in [-0.15, -0.1) is 0 Å². The van der Waals surface area contributed by atoms with Crippen molar-refractivity contribution in [3.8, 4) is 0 Å². The molecule has 1 saturated heterocycles. The molecule has 1 aromatic rings. The van der Waals surface area contributed by atoms with Crippen LogP contribution < -0.4 is 9.62 Å². The highest BCUT2D eigenvalue weighted by Gasteiger charge is 2.25. The molecule has 0 bridgehead atoms. The molecule has 1 aliphatic heterocycles. The predicted molar refractivity (Wildman–Crippen MR) is 78.9 cm³/mol. The Morgan fingerprint density at radius 2 is 2.05 bits per heavy atom. The van der Waals surface area contributed by atoms with Gasteiger partial charge < -0.3 is 4.90 Å². The smallest absolute Gasteiger partial charge is 0.211 e. The summed E-state index contributed by atoms with van der Waals surface area (Å²) in [7, 11) is -3.10. The highest BCUT2D eigenvalue weighted by atomic mass is 32.2. The summed E-state index contributed by atoms with van der Waals surface area (Å²) in [6.07, 6.45) is 2.82. The van der Waals surface area contributed by atoms with E-state index in [1.165, 1.54) is 5.69 Å². The largest absolute Gasteiger partial charge is 0.367 e. The number of rotatable bonds is 6. The van der Waals surface area contributed by atoms with Crippen LogP contribution in [0.1, 0.15) is 26.2 Å². The van der Waals surface area contributed by atoms with Gasteiger partial charge in [0.2, 0.25) is 10.0 Å². The second-order valence-corrected chi connectivity index (χ2v) is 6.92. The molecule has 1 atom stereocenters. The lowest BCUT2D eigenvalue weighted by molar-refractivity contribution is 0.566. The summed E-state index contributed by atoms with van der Waals surface area (Å²) >= 11 is 0. The maximum absolute atomic E-state index is 11.7. The standard InChI is InChI=1S/C14H22N2O2S/c1-2-11-19(17,18)15-12-14-9-6-10-16(14)13-7-4-3-5-8-13/h3-5,7-8,14-15H,2,6,9-12H2,1H3. The molecule has 5 heteroatoms. The summed E-state index contributed by atoms with van der Waals surface area (Å²) in [5.74, 6) is 0.213. The number of sulfonamides is 1. The van der Waals surface area contributed by atoms with Crippen LogP contribution in [0.15, 0.2) is 30.3 Å². The quantitative estimate of drug-likeness (QED) is 0.868. The number of nitrogens with zero attached hydrogens (tertiary/aromatic N) is 1. The molecule has 0 spiro atoms. The molecule has 1 heterocycles. The fourth-order valence-corrected chi connectivity index (χ4v) is 3.70. The summed E-state index contributed by atoms with van der Waals surface area (Å²) in [5.41, 5.74) is 1.18. The molecule has 106 valence electrons. The van der Waals surface area contributed by atoms with Gasteiger partial charge in [-0.25, -0.2) is 13.1 Å². The van der Waals surface area contributed by atoms with Crippen LogP contribution in [0.4, 0.5) is 5.69 Å². The van der Waals surface area contributed by atoms with Crippen molar-refractivity contribution in [1.29, 1.82) is 0 Å². The number of hydrogen-bond acceptors (Lipinski definition) is 3. The topological polar surface area (TPSA) is 49.4 Å². The Morgan fingerprint density at radius 1 is 1.32 bits per heavy atom. The molecule has 1 N–H and O–H groups in total. The number of nitrogens with one attached hydrogen (secondary N) is 1. The first-order valence-electron chi connectivity index (χ1n) is 6.91. The Hall–Kier alpha value is -1.07. The molecular weight excluding hydrogens is 260 g/mol. The van der Waals surface area contributed by atoms with Crippen LogP contribution in [0.25, 0.3) is 0 Å². The SMILES string of the molecule is CCCS(=O)(=O)NCC1CCCN1c1ccccc1. The third kappa shape index (κ3) is 3.94. The van der Waals surface area contributed by atoms with Gasteiger partial charge in [0.15, 0.2) is 0 Å². The van der Waals surface area contributed by atoms with Gasteiger partial charge in [-0.05, 0) is 31.4 Å². The normalized spacial score (nSPS) is 19.8. The summed E-state index contributed by atoms with van der Waals surface area (Å²) in [4.78, 5) is 2.30. The van der Waals surface area contributed by atoms with Crippen LogP contribution in [0.2, 0.25) is 0 Å². The highest BCUT2D eigenvalue weighted by molar-refractivity contribution is 7.89. The lowest BCUT2D eigenvalue weighted by Crippen LogP contribution is -2.40. The molecule has 0 aromatic heterocycles. The van der Waals surface area contributed by atoms with E-state index >= 15 is 0 Å². The van der Waals surface area contributed by atoms with Crippen LogP contribution >= 0.6 is 0 Å². The first-order valence-corrected chi connectivity index (χ1v) is 8.56. The maximum Gasteiger partial charge on any atom is 0.211 e. The number of anilines is 1. The minimum atomic E-state index is -3.10. The van der Waals surface area contributed by atoms with E-state index in [0.29, 0.717) is 13.0 Å². The van der Waals surface area contributed by atoms with Crippen molar-refractivity contribution in [3.05, 3.63) is 30.3 Å². The highest BCUT2D eigenvalue weighted by Crippen LogP contribution is 2.24. The zero-order valence-electron chi connectivity index (χ0n) is 11.4. The molecule has 1 aromatic carbocycles. The van der Waals surface area contributed by atoms with Crippen LogP contribution in [0, 0.1) is 0 Å². The average Bonchev–Trinajstić information content (AvgIpc) is 2.86. The average molecular weight is 282 g/mol. The Kier molecular flexibility index (Phi) is 4.82. The van der Waals surface area contributed by atoms with Gasteiger partial charge in [0.05, 0.1) is 5.75 Å². The minimum absolute atomic E-state index is 0.213. The number of para-hydroxylation sites is 1. The van der Waals surface area contributed by atoms with Gasteiger partial charge in [-0.3, -0.25) is 0 Å². The van der Waals surface area contributed by atoms with Crippen LogP contribution in [0.5, 0.6) is 0 Å². The van der Waals surface area contributed by atoms with E-state index in [0.717, 1.165) is 19.4 Å². The van der Waals surface area contributed by atoms with Crippen molar-refractivity contribution in [2.75, 3.05) is 23.7 Å². The minimum Gasteiger partial charge on any atom is -0.367 e. The summed E-state index contributed by atoms with van der Waals surface area (Å²) < 4.78 is 26.1. The van der Waals surface area contributed by atoms with E-state index in [9.17, 15) is 8.42 Å². The van der Waals surface area contributed by atoms with Crippen LogP contribution in [0.3, 0.4) is 0 Å². The second-order valence-electron chi connectivity index (χ2n) is 4.99. The molecule has 1 fully saturated rings. The maximum atomic E-state index is 11.7. The van der Waals surface area contributed by atoms with E-state index in [-0.39, 0.29) is 11.8 Å². The third-order valence-corrected chi connectivity index (χ3v) is 5.03.